The topological polar surface area (TPSA) is 3.24 Å². The van der Waals surface area contributed by atoms with Crippen LogP contribution in [0.5, 0.6) is 0 Å². The molecule has 0 aliphatic carbocycles. The first-order chi connectivity index (χ1) is 5.22. The van der Waals surface area contributed by atoms with Crippen LogP contribution in [0.25, 0.3) is 0 Å². The molecule has 0 spiro atoms. The lowest BCUT2D eigenvalue weighted by molar-refractivity contribution is 0.449. The molecular weight excluding hydrogens is 174 g/mol. The van der Waals surface area contributed by atoms with Crippen molar-refractivity contribution >= 4 is 29.0 Å². The van der Waals surface area contributed by atoms with Gasteiger partial charge < -0.3 is 4.90 Å². The minimum Gasteiger partial charge on any atom is -0.364 e. The number of nitrogens with zero attached hydrogens (tertiary/aromatic N) is 1. The van der Waals surface area contributed by atoms with Crippen molar-refractivity contribution < 1.29 is 0 Å². The number of rotatable bonds is 1. The normalized spacial score (nSPS) is 19.0. The van der Waals surface area contributed by atoms with Gasteiger partial charge in [0.05, 0.1) is 4.99 Å². The molecule has 11 heavy (non-hydrogen) atoms. The predicted octanol–water partition coefficient (Wildman–Crippen LogP) is 2.02. The molecule has 0 unspecified atom stereocenters. The summed E-state index contributed by atoms with van der Waals surface area (Å²) >= 11 is 7.34. The highest BCUT2D eigenvalue weighted by atomic mass is 32.2. The van der Waals surface area contributed by atoms with Gasteiger partial charge in [0.25, 0.3) is 0 Å². The van der Waals surface area contributed by atoms with Gasteiger partial charge in [0.15, 0.2) is 0 Å². The third-order valence-electron chi connectivity index (χ3n) is 1.82. The van der Waals surface area contributed by atoms with Crippen molar-refractivity contribution in [3.8, 4) is 0 Å². The lowest BCUT2D eigenvalue weighted by Gasteiger charge is -2.30. The Morgan fingerprint density at radius 1 is 1.36 bits per heavy atom. The van der Waals surface area contributed by atoms with Gasteiger partial charge in [-0.05, 0) is 0 Å². The highest BCUT2D eigenvalue weighted by Gasteiger charge is 2.15. The average molecular weight is 189 g/mol. The molecule has 0 bridgehead atoms. The van der Waals surface area contributed by atoms with Crippen LogP contribution < -0.4 is 0 Å². The molecular formula is C8H15NS2. The summed E-state index contributed by atoms with van der Waals surface area (Å²) in [5.74, 6) is 3.02. The lowest BCUT2D eigenvalue weighted by atomic mass is 10.2. The van der Waals surface area contributed by atoms with E-state index in [9.17, 15) is 0 Å². The Labute approximate surface area is 78.5 Å². The van der Waals surface area contributed by atoms with Crippen LogP contribution in [0.4, 0.5) is 0 Å². The second kappa shape index (κ2) is 4.31. The van der Waals surface area contributed by atoms with E-state index in [1.807, 2.05) is 11.8 Å². The summed E-state index contributed by atoms with van der Waals surface area (Å²) in [6.45, 7) is 6.65. The third-order valence-corrected chi connectivity index (χ3v) is 3.49. The van der Waals surface area contributed by atoms with Gasteiger partial charge in [0.2, 0.25) is 0 Å². The molecule has 0 atom stereocenters. The molecule has 0 radical (unpaired) electrons. The molecule has 1 rings (SSSR count). The van der Waals surface area contributed by atoms with E-state index in [1.165, 1.54) is 11.5 Å². The van der Waals surface area contributed by atoms with E-state index in [4.69, 9.17) is 12.2 Å². The first-order valence-corrected chi connectivity index (χ1v) is 5.64. The van der Waals surface area contributed by atoms with Gasteiger partial charge in [-0.2, -0.15) is 11.8 Å². The molecule has 3 heteroatoms. The smallest absolute Gasteiger partial charge is 0.0805 e. The van der Waals surface area contributed by atoms with Crippen LogP contribution in [0.2, 0.25) is 0 Å². The van der Waals surface area contributed by atoms with E-state index in [0.29, 0.717) is 5.92 Å². The van der Waals surface area contributed by atoms with E-state index < -0.39 is 0 Å². The number of thioether (sulfide) groups is 1. The summed E-state index contributed by atoms with van der Waals surface area (Å²) in [7, 11) is 0. The van der Waals surface area contributed by atoms with Crippen molar-refractivity contribution in [2.24, 2.45) is 5.92 Å². The van der Waals surface area contributed by atoms with Crippen molar-refractivity contribution in [2.45, 2.75) is 13.8 Å². The molecule has 0 saturated carbocycles. The van der Waals surface area contributed by atoms with Gasteiger partial charge in [0, 0.05) is 30.5 Å². The minimum atomic E-state index is 0.535. The van der Waals surface area contributed by atoms with Crippen LogP contribution in [-0.2, 0) is 0 Å². The standard InChI is InChI=1S/C8H15NS2/c1-7(2)8(10)9-3-5-11-6-4-9/h7H,3-6H2,1-2H3. The second-order valence-corrected chi connectivity index (χ2v) is 4.74. The van der Waals surface area contributed by atoms with Crippen LogP contribution in [0.1, 0.15) is 13.8 Å². The molecule has 1 aliphatic rings. The molecule has 1 nitrogen and oxygen atoms in total. The first-order valence-electron chi connectivity index (χ1n) is 4.08. The van der Waals surface area contributed by atoms with Crippen molar-refractivity contribution in [3.05, 3.63) is 0 Å². The Balaban J connectivity index is 2.39. The summed E-state index contributed by atoms with van der Waals surface area (Å²) in [4.78, 5) is 3.49. The van der Waals surface area contributed by atoms with E-state index in [1.54, 1.807) is 0 Å². The number of thiocarbonyl (C=S) groups is 1. The van der Waals surface area contributed by atoms with Crippen LogP contribution in [0, 0.1) is 5.92 Å². The predicted molar refractivity (Wildman–Crippen MR) is 56.3 cm³/mol. The van der Waals surface area contributed by atoms with E-state index in [2.05, 4.69) is 18.7 Å². The summed E-state index contributed by atoms with van der Waals surface area (Å²) in [5, 5.41) is 0. The molecule has 1 aliphatic heterocycles. The van der Waals surface area contributed by atoms with Crippen LogP contribution in [0.15, 0.2) is 0 Å². The maximum atomic E-state index is 5.31. The number of hydrogen-bond donors (Lipinski definition) is 0. The average Bonchev–Trinajstić information content (AvgIpc) is 2.05. The van der Waals surface area contributed by atoms with E-state index >= 15 is 0 Å². The molecule has 1 fully saturated rings. The van der Waals surface area contributed by atoms with Gasteiger partial charge in [-0.25, -0.2) is 0 Å². The second-order valence-electron chi connectivity index (χ2n) is 3.09. The third kappa shape index (κ3) is 2.64. The van der Waals surface area contributed by atoms with Gasteiger partial charge >= 0.3 is 0 Å². The Morgan fingerprint density at radius 2 is 1.91 bits per heavy atom. The maximum absolute atomic E-state index is 5.31. The number of hydrogen-bond acceptors (Lipinski definition) is 2. The minimum absolute atomic E-state index is 0.535. The Morgan fingerprint density at radius 3 is 2.36 bits per heavy atom. The van der Waals surface area contributed by atoms with Crippen molar-refractivity contribution in [2.75, 3.05) is 24.6 Å². The Bertz CT molecular complexity index is 139. The maximum Gasteiger partial charge on any atom is 0.0805 e. The van der Waals surface area contributed by atoms with Gasteiger partial charge in [0.1, 0.15) is 0 Å². The largest absolute Gasteiger partial charge is 0.364 e. The molecule has 0 amide bonds. The van der Waals surface area contributed by atoms with Gasteiger partial charge in [-0.1, -0.05) is 26.1 Å². The zero-order chi connectivity index (χ0) is 8.27. The van der Waals surface area contributed by atoms with Crippen LogP contribution >= 0.6 is 24.0 Å². The van der Waals surface area contributed by atoms with Crippen LogP contribution in [0.3, 0.4) is 0 Å². The van der Waals surface area contributed by atoms with Crippen molar-refractivity contribution in [3.63, 3.8) is 0 Å². The summed E-state index contributed by atoms with van der Waals surface area (Å²) in [5.41, 5.74) is 0. The van der Waals surface area contributed by atoms with E-state index in [-0.39, 0.29) is 0 Å². The Kier molecular flexibility index (Phi) is 3.66. The fourth-order valence-electron chi connectivity index (χ4n) is 1.15. The molecule has 1 saturated heterocycles. The first kappa shape index (κ1) is 9.33. The lowest BCUT2D eigenvalue weighted by Crippen LogP contribution is -2.39. The molecule has 0 aromatic carbocycles. The highest BCUT2D eigenvalue weighted by molar-refractivity contribution is 7.99. The zero-order valence-electron chi connectivity index (χ0n) is 7.17. The summed E-state index contributed by atoms with van der Waals surface area (Å²) < 4.78 is 0. The van der Waals surface area contributed by atoms with Crippen molar-refractivity contribution in [1.29, 1.82) is 0 Å². The fourth-order valence-corrected chi connectivity index (χ4v) is 2.23. The highest BCUT2D eigenvalue weighted by Crippen LogP contribution is 2.12. The molecule has 0 aromatic rings. The molecule has 0 aromatic heterocycles. The van der Waals surface area contributed by atoms with Gasteiger partial charge in [-0.3, -0.25) is 0 Å². The SMILES string of the molecule is CC(C)C(=S)N1CCSCC1. The van der Waals surface area contributed by atoms with Crippen LogP contribution in [-0.4, -0.2) is 34.5 Å². The zero-order valence-corrected chi connectivity index (χ0v) is 8.80. The van der Waals surface area contributed by atoms with Gasteiger partial charge in [-0.15, -0.1) is 0 Å². The quantitative estimate of drug-likeness (QED) is 0.581. The molecule has 0 N–H and O–H groups in total. The summed E-state index contributed by atoms with van der Waals surface area (Å²) in [6.07, 6.45) is 0. The monoisotopic (exact) mass is 189 g/mol. The fraction of sp³-hybridized carbons (Fsp3) is 0.875. The summed E-state index contributed by atoms with van der Waals surface area (Å²) in [6, 6.07) is 0. The molecule has 1 heterocycles. The van der Waals surface area contributed by atoms with E-state index in [0.717, 1.165) is 18.1 Å². The Hall–Kier alpha value is 0.240. The molecule has 64 valence electrons. The van der Waals surface area contributed by atoms with Crippen molar-refractivity contribution in [1.82, 2.24) is 4.90 Å².